The number of fused-ring (bicyclic) bond motifs is 2. The minimum Gasteiger partial charge on any atom is -0.307 e. The molecule has 150 valence electrons. The van der Waals surface area contributed by atoms with Gasteiger partial charge in [0.1, 0.15) is 5.82 Å². The fourth-order valence-corrected chi connectivity index (χ4v) is 3.85. The molecule has 0 fully saturated rings. The molecule has 4 heterocycles. The van der Waals surface area contributed by atoms with Gasteiger partial charge in [-0.2, -0.15) is 5.10 Å². The number of hydrogen-bond donors (Lipinski definition) is 1. The molecule has 1 aliphatic heterocycles. The lowest BCUT2D eigenvalue weighted by molar-refractivity contribution is 0.102. The third kappa shape index (κ3) is 3.55. The number of nitrogens with zero attached hydrogens (tertiary/aromatic N) is 5. The molecule has 1 aromatic carbocycles. The van der Waals surface area contributed by atoms with Gasteiger partial charge in [-0.05, 0) is 48.9 Å². The second-order valence-corrected chi connectivity index (χ2v) is 7.81. The van der Waals surface area contributed by atoms with Crippen molar-refractivity contribution in [2.24, 2.45) is 7.05 Å². The lowest BCUT2D eigenvalue weighted by Crippen LogP contribution is -2.27. The van der Waals surface area contributed by atoms with Crippen LogP contribution in [0.15, 0.2) is 55.1 Å². The number of carbonyl (C=O) groups excluding carboxylic acids is 1. The average molecular weight is 398 g/mol. The maximum absolute atomic E-state index is 12.8. The maximum atomic E-state index is 12.8. The Bertz CT molecular complexity index is 1260. The van der Waals surface area contributed by atoms with E-state index in [0.717, 1.165) is 41.5 Å². The number of aryl methyl sites for hydroxylation is 1. The van der Waals surface area contributed by atoms with Gasteiger partial charge in [0, 0.05) is 54.6 Å². The van der Waals surface area contributed by atoms with Crippen molar-refractivity contribution in [2.75, 3.05) is 18.9 Å². The van der Waals surface area contributed by atoms with E-state index in [1.165, 1.54) is 11.1 Å². The van der Waals surface area contributed by atoms with Crippen molar-refractivity contribution in [1.29, 1.82) is 0 Å². The lowest BCUT2D eigenvalue weighted by Gasteiger charge is -2.25. The molecule has 30 heavy (non-hydrogen) atoms. The van der Waals surface area contributed by atoms with Crippen LogP contribution in [0.4, 0.5) is 5.82 Å². The van der Waals surface area contributed by atoms with Crippen molar-refractivity contribution in [2.45, 2.75) is 13.0 Å². The molecule has 0 saturated heterocycles. The summed E-state index contributed by atoms with van der Waals surface area (Å²) in [5.74, 6) is 0.357. The summed E-state index contributed by atoms with van der Waals surface area (Å²) in [6, 6.07) is 9.83. The molecule has 3 aromatic heterocycles. The van der Waals surface area contributed by atoms with E-state index in [9.17, 15) is 4.79 Å². The van der Waals surface area contributed by atoms with E-state index in [0.29, 0.717) is 11.4 Å². The number of pyridine rings is 2. The summed E-state index contributed by atoms with van der Waals surface area (Å²) >= 11 is 0. The molecular weight excluding hydrogens is 376 g/mol. The van der Waals surface area contributed by atoms with Gasteiger partial charge in [-0.25, -0.2) is 4.98 Å². The zero-order valence-electron chi connectivity index (χ0n) is 17.0. The molecule has 7 heteroatoms. The molecule has 0 bridgehead atoms. The van der Waals surface area contributed by atoms with Gasteiger partial charge in [0.25, 0.3) is 5.91 Å². The second kappa shape index (κ2) is 7.35. The van der Waals surface area contributed by atoms with E-state index in [1.54, 1.807) is 17.1 Å². The minimum absolute atomic E-state index is 0.153. The number of rotatable bonds is 3. The molecule has 0 radical (unpaired) electrons. The van der Waals surface area contributed by atoms with Crippen LogP contribution < -0.4 is 5.32 Å². The molecule has 1 aliphatic rings. The predicted octanol–water partition coefficient (Wildman–Crippen LogP) is 3.27. The first kappa shape index (κ1) is 18.4. The fourth-order valence-electron chi connectivity index (χ4n) is 3.85. The molecule has 5 rings (SSSR count). The van der Waals surface area contributed by atoms with Gasteiger partial charge < -0.3 is 10.2 Å². The highest BCUT2D eigenvalue weighted by Gasteiger charge is 2.16. The van der Waals surface area contributed by atoms with Crippen LogP contribution in [0.3, 0.4) is 0 Å². The molecule has 1 amide bonds. The van der Waals surface area contributed by atoms with Gasteiger partial charge in [0.15, 0.2) is 0 Å². The molecule has 1 N–H and O–H groups in total. The lowest BCUT2D eigenvalue weighted by atomic mass is 9.97. The van der Waals surface area contributed by atoms with Crippen LogP contribution in [0.5, 0.6) is 0 Å². The largest absolute Gasteiger partial charge is 0.307 e. The highest BCUT2D eigenvalue weighted by Crippen LogP contribution is 2.24. The van der Waals surface area contributed by atoms with Crippen LogP contribution in [-0.2, 0) is 20.0 Å². The van der Waals surface area contributed by atoms with Crippen LogP contribution in [0, 0.1) is 0 Å². The zero-order chi connectivity index (χ0) is 20.7. The van der Waals surface area contributed by atoms with Gasteiger partial charge in [-0.3, -0.25) is 14.5 Å². The second-order valence-electron chi connectivity index (χ2n) is 7.81. The highest BCUT2D eigenvalue weighted by molar-refractivity contribution is 6.04. The molecule has 0 spiro atoms. The smallest absolute Gasteiger partial charge is 0.256 e. The summed E-state index contributed by atoms with van der Waals surface area (Å²) in [7, 11) is 4.00. The van der Waals surface area contributed by atoms with Crippen LogP contribution in [0.25, 0.3) is 22.0 Å². The van der Waals surface area contributed by atoms with E-state index in [4.69, 9.17) is 0 Å². The number of anilines is 1. The first-order chi connectivity index (χ1) is 14.5. The minimum atomic E-state index is -0.153. The number of likely N-dealkylation sites (N-methyl/N-ethyl adjacent to an activating group) is 1. The molecule has 0 saturated carbocycles. The first-order valence-electron chi connectivity index (χ1n) is 9.92. The van der Waals surface area contributed by atoms with Crippen LogP contribution in [0.2, 0.25) is 0 Å². The topological polar surface area (TPSA) is 75.9 Å². The van der Waals surface area contributed by atoms with E-state index in [1.807, 2.05) is 43.7 Å². The van der Waals surface area contributed by atoms with E-state index in [2.05, 4.69) is 38.4 Å². The Balaban J connectivity index is 1.40. The zero-order valence-corrected chi connectivity index (χ0v) is 17.0. The molecule has 0 unspecified atom stereocenters. The number of aromatic nitrogens is 4. The maximum Gasteiger partial charge on any atom is 0.256 e. The van der Waals surface area contributed by atoms with Crippen LogP contribution >= 0.6 is 0 Å². The average Bonchev–Trinajstić information content (AvgIpc) is 3.19. The van der Waals surface area contributed by atoms with Crippen LogP contribution in [0.1, 0.15) is 21.5 Å². The summed E-state index contributed by atoms with van der Waals surface area (Å²) in [5, 5.41) is 8.05. The van der Waals surface area contributed by atoms with Crippen molar-refractivity contribution < 1.29 is 4.79 Å². The Hall–Kier alpha value is -3.58. The van der Waals surface area contributed by atoms with E-state index < -0.39 is 0 Å². The number of benzene rings is 1. The Morgan fingerprint density at radius 1 is 1.00 bits per heavy atom. The van der Waals surface area contributed by atoms with Gasteiger partial charge in [-0.1, -0.05) is 6.07 Å². The summed E-state index contributed by atoms with van der Waals surface area (Å²) in [6.07, 6.45) is 8.20. The molecule has 7 nitrogen and oxygen atoms in total. The number of amides is 1. The van der Waals surface area contributed by atoms with Crippen molar-refractivity contribution in [3.05, 3.63) is 71.8 Å². The SMILES string of the molecule is CN1CCc2cc(C(=O)Nc3cc4cc(-c5cnn(C)c5)cnc4cn3)ccc2C1. The normalized spacial score (nSPS) is 13.9. The third-order valence-corrected chi connectivity index (χ3v) is 5.52. The number of nitrogens with one attached hydrogen (secondary N) is 1. The van der Waals surface area contributed by atoms with Crippen molar-refractivity contribution in [3.63, 3.8) is 0 Å². The highest BCUT2D eigenvalue weighted by atomic mass is 16.1. The van der Waals surface area contributed by atoms with Gasteiger partial charge in [0.05, 0.1) is 17.9 Å². The summed E-state index contributed by atoms with van der Waals surface area (Å²) < 4.78 is 1.76. The molecular formula is C23H22N6O. The van der Waals surface area contributed by atoms with Crippen molar-refractivity contribution >= 4 is 22.6 Å². The molecule has 0 atom stereocenters. The fraction of sp³-hybridized carbons (Fsp3) is 0.217. The van der Waals surface area contributed by atoms with Gasteiger partial charge in [-0.15, -0.1) is 0 Å². The summed E-state index contributed by atoms with van der Waals surface area (Å²) in [6.45, 7) is 1.94. The molecule has 0 aliphatic carbocycles. The van der Waals surface area contributed by atoms with E-state index in [-0.39, 0.29) is 5.91 Å². The third-order valence-electron chi connectivity index (χ3n) is 5.52. The Labute approximate surface area is 174 Å². The number of hydrogen-bond acceptors (Lipinski definition) is 5. The van der Waals surface area contributed by atoms with E-state index >= 15 is 0 Å². The monoisotopic (exact) mass is 398 g/mol. The van der Waals surface area contributed by atoms with Gasteiger partial charge >= 0.3 is 0 Å². The Morgan fingerprint density at radius 3 is 2.73 bits per heavy atom. The molecule has 4 aromatic rings. The standard InChI is InChI=1S/C23H22N6O/c1-28-6-5-15-7-16(3-4-17(15)13-28)23(30)27-22-9-18-8-19(10-24-21(18)12-25-22)20-11-26-29(2)14-20/h3-4,7-12,14H,5-6,13H2,1-2H3,(H,25,27,30). The van der Waals surface area contributed by atoms with Crippen LogP contribution in [-0.4, -0.2) is 44.1 Å². The Morgan fingerprint density at radius 2 is 1.90 bits per heavy atom. The van der Waals surface area contributed by atoms with Crippen molar-refractivity contribution in [3.8, 4) is 11.1 Å². The summed E-state index contributed by atoms with van der Waals surface area (Å²) in [4.78, 5) is 23.9. The predicted molar refractivity (Wildman–Crippen MR) is 116 cm³/mol. The van der Waals surface area contributed by atoms with Crippen molar-refractivity contribution in [1.82, 2.24) is 24.6 Å². The quantitative estimate of drug-likeness (QED) is 0.573. The first-order valence-corrected chi connectivity index (χ1v) is 9.92. The number of carbonyl (C=O) groups is 1. The Kier molecular flexibility index (Phi) is 4.52. The summed E-state index contributed by atoms with van der Waals surface area (Å²) in [5.41, 5.74) is 5.93. The van der Waals surface area contributed by atoms with Gasteiger partial charge in [0.2, 0.25) is 0 Å².